The fourth-order valence-electron chi connectivity index (χ4n) is 3.03. The summed E-state index contributed by atoms with van der Waals surface area (Å²) in [6.45, 7) is 4.64. The van der Waals surface area contributed by atoms with Gasteiger partial charge in [-0.15, -0.1) is 0 Å². The first kappa shape index (κ1) is 10.9. The maximum Gasteiger partial charge on any atom is 0.0607 e. The number of nitrogens with zero attached hydrogens (tertiary/aromatic N) is 2. The third-order valence-electron chi connectivity index (χ3n) is 4.03. The topological polar surface area (TPSA) is 18.5 Å². The third kappa shape index (κ3) is 2.00. The van der Waals surface area contributed by atoms with Crippen LogP contribution in [0.25, 0.3) is 0 Å². The molecule has 3 heteroatoms. The molecule has 2 aliphatic heterocycles. The van der Waals surface area contributed by atoms with Crippen LogP contribution in [0.15, 0.2) is 24.3 Å². The van der Waals surface area contributed by atoms with Gasteiger partial charge in [0.15, 0.2) is 0 Å². The van der Waals surface area contributed by atoms with Crippen molar-refractivity contribution < 1.29 is 0 Å². The SMILES string of the molecule is CN1CCN(C2CCNCC2)c2ccccc21. The van der Waals surface area contributed by atoms with Crippen molar-refractivity contribution in [3.05, 3.63) is 24.3 Å². The Morgan fingerprint density at radius 3 is 2.53 bits per heavy atom. The number of hydrogen-bond donors (Lipinski definition) is 1. The molecule has 1 fully saturated rings. The number of likely N-dealkylation sites (N-methyl/N-ethyl adjacent to an activating group) is 1. The second kappa shape index (κ2) is 4.57. The van der Waals surface area contributed by atoms with Gasteiger partial charge >= 0.3 is 0 Å². The predicted molar refractivity (Wildman–Crippen MR) is 72.9 cm³/mol. The summed E-state index contributed by atoms with van der Waals surface area (Å²) >= 11 is 0. The van der Waals surface area contributed by atoms with E-state index < -0.39 is 0 Å². The van der Waals surface area contributed by atoms with E-state index in [1.165, 1.54) is 37.3 Å². The average Bonchev–Trinajstić information content (AvgIpc) is 2.41. The molecule has 1 saturated heterocycles. The predicted octanol–water partition coefficient (Wildman–Crippen LogP) is 1.69. The van der Waals surface area contributed by atoms with Crippen LogP contribution in [0, 0.1) is 0 Å². The van der Waals surface area contributed by atoms with E-state index in [-0.39, 0.29) is 0 Å². The number of nitrogens with one attached hydrogen (secondary N) is 1. The molecule has 0 amide bonds. The number of piperidine rings is 1. The Morgan fingerprint density at radius 2 is 1.76 bits per heavy atom. The molecule has 92 valence electrons. The lowest BCUT2D eigenvalue weighted by atomic mass is 10.0. The van der Waals surface area contributed by atoms with Gasteiger partial charge in [-0.1, -0.05) is 12.1 Å². The molecule has 1 N–H and O–H groups in total. The van der Waals surface area contributed by atoms with Crippen molar-refractivity contribution in [3.63, 3.8) is 0 Å². The van der Waals surface area contributed by atoms with Gasteiger partial charge in [-0.25, -0.2) is 0 Å². The second-order valence-electron chi connectivity index (χ2n) is 5.08. The Labute approximate surface area is 103 Å². The van der Waals surface area contributed by atoms with E-state index in [1.54, 1.807) is 0 Å². The highest BCUT2D eigenvalue weighted by atomic mass is 15.3. The van der Waals surface area contributed by atoms with Crippen LogP contribution >= 0.6 is 0 Å². The molecule has 3 rings (SSSR count). The average molecular weight is 231 g/mol. The third-order valence-corrected chi connectivity index (χ3v) is 4.03. The minimum absolute atomic E-state index is 0.728. The largest absolute Gasteiger partial charge is 0.371 e. The molecule has 0 bridgehead atoms. The van der Waals surface area contributed by atoms with E-state index in [9.17, 15) is 0 Å². The number of benzene rings is 1. The molecule has 0 aliphatic carbocycles. The number of anilines is 2. The first-order valence-electron chi connectivity index (χ1n) is 6.64. The smallest absolute Gasteiger partial charge is 0.0607 e. The highest BCUT2D eigenvalue weighted by Crippen LogP contribution is 2.34. The van der Waals surface area contributed by atoms with E-state index in [2.05, 4.69) is 46.4 Å². The Morgan fingerprint density at radius 1 is 1.06 bits per heavy atom. The maximum absolute atomic E-state index is 3.45. The summed E-state index contributed by atoms with van der Waals surface area (Å²) in [4.78, 5) is 4.99. The molecule has 0 unspecified atom stereocenters. The molecular formula is C14H21N3. The van der Waals surface area contributed by atoms with Crippen molar-refractivity contribution in [3.8, 4) is 0 Å². The minimum atomic E-state index is 0.728. The molecule has 0 aromatic heterocycles. The summed E-state index contributed by atoms with van der Waals surface area (Å²) in [6.07, 6.45) is 2.55. The summed E-state index contributed by atoms with van der Waals surface area (Å²) in [7, 11) is 2.19. The molecule has 0 atom stereocenters. The van der Waals surface area contributed by atoms with Gasteiger partial charge in [-0.05, 0) is 38.1 Å². The van der Waals surface area contributed by atoms with Crippen LogP contribution in [0.5, 0.6) is 0 Å². The van der Waals surface area contributed by atoms with Crippen molar-refractivity contribution in [2.45, 2.75) is 18.9 Å². The molecule has 3 nitrogen and oxygen atoms in total. The van der Waals surface area contributed by atoms with Crippen molar-refractivity contribution in [2.75, 3.05) is 43.0 Å². The van der Waals surface area contributed by atoms with Gasteiger partial charge in [-0.2, -0.15) is 0 Å². The number of para-hydroxylation sites is 2. The Bertz CT molecular complexity index is 385. The van der Waals surface area contributed by atoms with Gasteiger partial charge in [0.1, 0.15) is 0 Å². The second-order valence-corrected chi connectivity index (χ2v) is 5.08. The summed E-state index contributed by atoms with van der Waals surface area (Å²) in [5, 5.41) is 3.45. The summed E-state index contributed by atoms with van der Waals surface area (Å²) < 4.78 is 0. The van der Waals surface area contributed by atoms with Crippen LogP contribution in [-0.2, 0) is 0 Å². The molecule has 17 heavy (non-hydrogen) atoms. The normalized spacial score (nSPS) is 21.5. The Hall–Kier alpha value is -1.22. The van der Waals surface area contributed by atoms with Gasteiger partial charge in [0, 0.05) is 26.2 Å². The van der Waals surface area contributed by atoms with Gasteiger partial charge in [0.25, 0.3) is 0 Å². The Balaban J connectivity index is 1.89. The quantitative estimate of drug-likeness (QED) is 0.793. The van der Waals surface area contributed by atoms with Crippen LogP contribution in [0.4, 0.5) is 11.4 Å². The zero-order chi connectivity index (χ0) is 11.7. The van der Waals surface area contributed by atoms with Crippen LogP contribution < -0.4 is 15.1 Å². The molecule has 1 aromatic rings. The molecule has 2 aliphatic rings. The minimum Gasteiger partial charge on any atom is -0.371 e. The molecule has 1 aromatic carbocycles. The van der Waals surface area contributed by atoms with E-state index in [0.717, 1.165) is 19.1 Å². The molecular weight excluding hydrogens is 210 g/mol. The highest BCUT2D eigenvalue weighted by Gasteiger charge is 2.26. The van der Waals surface area contributed by atoms with Gasteiger partial charge in [0.05, 0.1) is 11.4 Å². The Kier molecular flexibility index (Phi) is 2.93. The number of hydrogen-bond acceptors (Lipinski definition) is 3. The fraction of sp³-hybridized carbons (Fsp3) is 0.571. The standard InChI is InChI=1S/C14H21N3/c1-16-10-11-17(12-6-8-15-9-7-12)14-5-3-2-4-13(14)16/h2-5,12,15H,6-11H2,1H3. The van der Waals surface area contributed by atoms with E-state index in [4.69, 9.17) is 0 Å². The number of fused-ring (bicyclic) bond motifs is 1. The summed E-state index contributed by atoms with van der Waals surface area (Å²) in [5.74, 6) is 0. The molecule has 0 spiro atoms. The highest BCUT2D eigenvalue weighted by molar-refractivity contribution is 5.73. The summed E-state index contributed by atoms with van der Waals surface area (Å²) in [5.41, 5.74) is 2.81. The fourth-order valence-corrected chi connectivity index (χ4v) is 3.03. The van der Waals surface area contributed by atoms with Crippen LogP contribution in [0.3, 0.4) is 0 Å². The monoisotopic (exact) mass is 231 g/mol. The molecule has 0 radical (unpaired) electrons. The molecule has 0 saturated carbocycles. The van der Waals surface area contributed by atoms with Gasteiger partial charge in [0.2, 0.25) is 0 Å². The van der Waals surface area contributed by atoms with E-state index in [0.29, 0.717) is 0 Å². The maximum atomic E-state index is 3.45. The molecule has 2 heterocycles. The lowest BCUT2D eigenvalue weighted by molar-refractivity contribution is 0.427. The van der Waals surface area contributed by atoms with Gasteiger partial charge < -0.3 is 15.1 Å². The lowest BCUT2D eigenvalue weighted by Gasteiger charge is -2.43. The van der Waals surface area contributed by atoms with Crippen LogP contribution in [-0.4, -0.2) is 39.3 Å². The first-order valence-corrected chi connectivity index (χ1v) is 6.64. The van der Waals surface area contributed by atoms with Crippen molar-refractivity contribution in [2.24, 2.45) is 0 Å². The number of rotatable bonds is 1. The van der Waals surface area contributed by atoms with Crippen molar-refractivity contribution >= 4 is 11.4 Å². The zero-order valence-electron chi connectivity index (χ0n) is 10.5. The zero-order valence-corrected chi connectivity index (χ0v) is 10.5. The first-order chi connectivity index (χ1) is 8.36. The van der Waals surface area contributed by atoms with E-state index >= 15 is 0 Å². The van der Waals surface area contributed by atoms with Gasteiger partial charge in [-0.3, -0.25) is 0 Å². The van der Waals surface area contributed by atoms with Crippen molar-refractivity contribution in [1.82, 2.24) is 5.32 Å². The van der Waals surface area contributed by atoms with E-state index in [1.807, 2.05) is 0 Å². The van der Waals surface area contributed by atoms with Crippen LogP contribution in [0.2, 0.25) is 0 Å². The summed E-state index contributed by atoms with van der Waals surface area (Å²) in [6, 6.07) is 9.54. The lowest BCUT2D eigenvalue weighted by Crippen LogP contribution is -2.48. The van der Waals surface area contributed by atoms with Crippen LogP contribution in [0.1, 0.15) is 12.8 Å². The van der Waals surface area contributed by atoms with Crippen molar-refractivity contribution in [1.29, 1.82) is 0 Å².